The van der Waals surface area contributed by atoms with Gasteiger partial charge in [0.15, 0.2) is 0 Å². The van der Waals surface area contributed by atoms with Gasteiger partial charge >= 0.3 is 0 Å². The van der Waals surface area contributed by atoms with Crippen LogP contribution >= 0.6 is 0 Å². The van der Waals surface area contributed by atoms with E-state index in [1.165, 1.54) is 29.5 Å². The van der Waals surface area contributed by atoms with Gasteiger partial charge in [-0.3, -0.25) is 4.90 Å². The highest BCUT2D eigenvalue weighted by Gasteiger charge is 2.18. The number of carbonyl (C=O) groups is 2. The summed E-state index contributed by atoms with van der Waals surface area (Å²) in [6.45, 7) is 15.8. The van der Waals surface area contributed by atoms with Gasteiger partial charge in [-0.2, -0.15) is 0 Å². The minimum Gasteiger partial charge on any atom is -0.490 e. The average molecular weight is 548 g/mol. The maximum absolute atomic E-state index is 9.69. The number of hydrogen-bond acceptors (Lipinski definition) is 6. The van der Waals surface area contributed by atoms with Crippen molar-refractivity contribution in [3.05, 3.63) is 60.3 Å². The number of fused-ring (bicyclic) bond motifs is 3. The zero-order chi connectivity index (χ0) is 29.5. The zero-order valence-electron chi connectivity index (χ0n) is 24.5. The first kappa shape index (κ1) is 32.7. The monoisotopic (exact) mass is 547 g/mol. The van der Waals surface area contributed by atoms with Crippen LogP contribution in [0.1, 0.15) is 52.0 Å². The van der Waals surface area contributed by atoms with E-state index in [-0.39, 0.29) is 6.10 Å². The van der Waals surface area contributed by atoms with E-state index in [1.807, 2.05) is 39.7 Å². The van der Waals surface area contributed by atoms with Crippen molar-refractivity contribution < 1.29 is 19.4 Å². The Kier molecular flexibility index (Phi) is 14.0. The zero-order valence-corrected chi connectivity index (χ0v) is 24.5. The first-order valence-corrected chi connectivity index (χ1v) is 14.2. The number of aliphatic hydroxyl groups excluding tert-OH is 1. The van der Waals surface area contributed by atoms with Gasteiger partial charge in [-0.05, 0) is 61.1 Å². The number of pyridine rings is 1. The van der Waals surface area contributed by atoms with E-state index in [2.05, 4.69) is 71.2 Å². The molecule has 6 rings (SSSR count). The van der Waals surface area contributed by atoms with Crippen LogP contribution < -0.4 is 4.74 Å². The Labute approximate surface area is 238 Å². The van der Waals surface area contributed by atoms with Gasteiger partial charge < -0.3 is 24.4 Å². The predicted octanol–water partition coefficient (Wildman–Crippen LogP) is 6.60. The summed E-state index contributed by atoms with van der Waals surface area (Å²) >= 11 is 0. The smallest absolute Gasteiger partial charge is 0.143 e. The van der Waals surface area contributed by atoms with E-state index in [0.29, 0.717) is 6.61 Å². The van der Waals surface area contributed by atoms with E-state index >= 15 is 0 Å². The van der Waals surface area contributed by atoms with Crippen molar-refractivity contribution in [2.45, 2.75) is 59.5 Å². The molecule has 2 aliphatic rings. The van der Waals surface area contributed by atoms with Gasteiger partial charge in [0.1, 0.15) is 31.6 Å². The van der Waals surface area contributed by atoms with Crippen molar-refractivity contribution >= 4 is 35.5 Å². The molecule has 2 aromatic carbocycles. The minimum absolute atomic E-state index is 0.144. The number of benzene rings is 2. The molecule has 7 heteroatoms. The van der Waals surface area contributed by atoms with E-state index < -0.39 is 0 Å². The van der Waals surface area contributed by atoms with Gasteiger partial charge in [0.25, 0.3) is 0 Å². The minimum atomic E-state index is -0.144. The number of aryl methyl sites for hydroxylation is 1. The number of rotatable bonds is 5. The first-order chi connectivity index (χ1) is 19.6. The Balaban J connectivity index is 0.000000491. The summed E-state index contributed by atoms with van der Waals surface area (Å²) in [5.74, 6) is 1.94. The quantitative estimate of drug-likeness (QED) is 0.292. The first-order valence-electron chi connectivity index (χ1n) is 14.2. The number of nitrogens with zero attached hydrogens (tertiary/aromatic N) is 2. The lowest BCUT2D eigenvalue weighted by atomic mass is 9.98. The van der Waals surface area contributed by atoms with E-state index in [0.717, 1.165) is 66.1 Å². The maximum Gasteiger partial charge on any atom is 0.143 e. The van der Waals surface area contributed by atoms with Crippen molar-refractivity contribution in [3.8, 4) is 16.9 Å². The molecule has 2 fully saturated rings. The van der Waals surface area contributed by atoms with Crippen LogP contribution in [0.2, 0.25) is 0 Å². The second kappa shape index (κ2) is 17.2. The van der Waals surface area contributed by atoms with Crippen LogP contribution in [0.4, 0.5) is 0 Å². The van der Waals surface area contributed by atoms with Crippen molar-refractivity contribution in [1.29, 1.82) is 0 Å². The fourth-order valence-electron chi connectivity index (χ4n) is 4.58. The lowest BCUT2D eigenvalue weighted by Crippen LogP contribution is -2.38. The topological polar surface area (TPSA) is 95.5 Å². The van der Waals surface area contributed by atoms with Crippen LogP contribution in [0, 0.1) is 12.8 Å². The standard InChI is InChI=1S/C25H27N3O2.C4H8.C2H6.2CH2O/c1-17-4-2-5-18(16-17)20-7-8-22(30-15-14-28-12-9-19(29)10-13-28)24-23(20)21-6-3-11-26-25(21)27-24;1-4-2-3-4;3*1-2/h2-8,11,16,19,29H,9-10,12-15H2,1H3,(H,26,27);4H,2-3H2,1H3;1-2H3;2*1H2. The molecule has 0 amide bonds. The molecule has 0 spiro atoms. The van der Waals surface area contributed by atoms with E-state index in [4.69, 9.17) is 14.3 Å². The molecule has 40 heavy (non-hydrogen) atoms. The number of nitrogens with one attached hydrogen (secondary N) is 1. The Hall–Kier alpha value is -3.55. The Morgan fingerprint density at radius 2 is 1.68 bits per heavy atom. The molecule has 1 aliphatic heterocycles. The summed E-state index contributed by atoms with van der Waals surface area (Å²) in [5, 5.41) is 12.0. The molecule has 0 radical (unpaired) electrons. The van der Waals surface area contributed by atoms with Crippen molar-refractivity contribution in [3.63, 3.8) is 0 Å². The molecular formula is C33H45N3O4. The molecule has 0 bridgehead atoms. The largest absolute Gasteiger partial charge is 0.490 e. The molecule has 7 nitrogen and oxygen atoms in total. The highest BCUT2D eigenvalue weighted by molar-refractivity contribution is 6.15. The lowest BCUT2D eigenvalue weighted by molar-refractivity contribution is -0.0987. The Morgan fingerprint density at radius 1 is 1.00 bits per heavy atom. The third-order valence-electron chi connectivity index (χ3n) is 6.90. The summed E-state index contributed by atoms with van der Waals surface area (Å²) in [6, 6.07) is 16.9. The highest BCUT2D eigenvalue weighted by atomic mass is 16.5. The van der Waals surface area contributed by atoms with Gasteiger partial charge in [0.05, 0.1) is 11.6 Å². The van der Waals surface area contributed by atoms with Crippen LogP contribution in [-0.2, 0) is 9.59 Å². The summed E-state index contributed by atoms with van der Waals surface area (Å²) < 4.78 is 6.23. The van der Waals surface area contributed by atoms with Crippen molar-refractivity contribution in [2.24, 2.45) is 5.92 Å². The SMILES string of the molecule is C=O.C=O.CC.CC1CC1.Cc1cccc(-c2ccc(OCCN3CCC(O)CC3)c3[nH]c4ncccc4c23)c1. The van der Waals surface area contributed by atoms with Crippen LogP contribution in [0.25, 0.3) is 33.1 Å². The third kappa shape index (κ3) is 9.00. The van der Waals surface area contributed by atoms with Crippen LogP contribution in [0.15, 0.2) is 54.7 Å². The number of carbonyl (C=O) groups excluding carboxylic acids is 2. The van der Waals surface area contributed by atoms with Gasteiger partial charge in [-0.15, -0.1) is 0 Å². The second-order valence-corrected chi connectivity index (χ2v) is 9.86. The number of likely N-dealkylation sites (tertiary alicyclic amines) is 1. The fraction of sp³-hybridized carbons (Fsp3) is 0.424. The number of piperidine rings is 1. The molecule has 2 aromatic heterocycles. The summed E-state index contributed by atoms with van der Waals surface area (Å²) in [7, 11) is 0. The highest BCUT2D eigenvalue weighted by Crippen LogP contribution is 2.38. The fourth-order valence-corrected chi connectivity index (χ4v) is 4.58. The molecule has 1 saturated heterocycles. The molecular weight excluding hydrogens is 502 g/mol. The Bertz CT molecular complexity index is 1290. The molecule has 1 aliphatic carbocycles. The number of H-pyrrole nitrogens is 1. The van der Waals surface area contributed by atoms with Crippen molar-refractivity contribution in [2.75, 3.05) is 26.2 Å². The van der Waals surface area contributed by atoms with Crippen LogP contribution in [0.3, 0.4) is 0 Å². The van der Waals surface area contributed by atoms with Gasteiger partial charge in [0.2, 0.25) is 0 Å². The summed E-state index contributed by atoms with van der Waals surface area (Å²) in [6.07, 6.45) is 6.34. The van der Waals surface area contributed by atoms with Crippen molar-refractivity contribution in [1.82, 2.24) is 14.9 Å². The normalized spacial score (nSPS) is 14.8. The molecule has 0 atom stereocenters. The molecule has 216 valence electrons. The van der Waals surface area contributed by atoms with E-state index in [1.54, 1.807) is 0 Å². The molecule has 0 unspecified atom stereocenters. The number of aromatic nitrogens is 2. The molecule has 1 saturated carbocycles. The second-order valence-electron chi connectivity index (χ2n) is 9.86. The van der Waals surface area contributed by atoms with E-state index in [9.17, 15) is 5.11 Å². The van der Waals surface area contributed by atoms with Gasteiger partial charge in [0, 0.05) is 36.6 Å². The van der Waals surface area contributed by atoms with Crippen LogP contribution in [-0.4, -0.2) is 65.9 Å². The molecule has 3 heterocycles. The maximum atomic E-state index is 9.69. The number of aliphatic hydroxyl groups is 1. The number of ether oxygens (including phenoxy) is 1. The van der Waals surface area contributed by atoms with Gasteiger partial charge in [-0.1, -0.05) is 63.4 Å². The third-order valence-corrected chi connectivity index (χ3v) is 6.90. The molecule has 2 N–H and O–H groups in total. The number of aromatic amines is 1. The molecule has 4 aromatic rings. The van der Waals surface area contributed by atoms with Gasteiger partial charge in [-0.25, -0.2) is 4.98 Å². The van der Waals surface area contributed by atoms with Crippen LogP contribution in [0.5, 0.6) is 5.75 Å². The summed E-state index contributed by atoms with van der Waals surface area (Å²) in [4.78, 5) is 26.4. The lowest BCUT2D eigenvalue weighted by Gasteiger charge is -2.29. The Morgan fingerprint density at radius 3 is 2.30 bits per heavy atom. The summed E-state index contributed by atoms with van der Waals surface area (Å²) in [5.41, 5.74) is 5.50. The number of hydrogen-bond donors (Lipinski definition) is 2. The predicted molar refractivity (Wildman–Crippen MR) is 165 cm³/mol. The average Bonchev–Trinajstić information content (AvgIpc) is 3.70.